The predicted molar refractivity (Wildman–Crippen MR) is 61.8 cm³/mol. The molecule has 1 atom stereocenters. The van der Waals surface area contributed by atoms with E-state index in [1.165, 1.54) is 5.56 Å². The summed E-state index contributed by atoms with van der Waals surface area (Å²) in [6.07, 6.45) is 2.19. The van der Waals surface area contributed by atoms with Crippen molar-refractivity contribution < 1.29 is 4.84 Å². The lowest BCUT2D eigenvalue weighted by molar-refractivity contribution is 0.104. The minimum atomic E-state index is 0.517. The Morgan fingerprint density at radius 1 is 1.36 bits per heavy atom. The van der Waals surface area contributed by atoms with Crippen LogP contribution in [0.2, 0.25) is 0 Å². The van der Waals surface area contributed by atoms with Gasteiger partial charge in [0.15, 0.2) is 0 Å². The first kappa shape index (κ1) is 11.7. The van der Waals surface area contributed by atoms with E-state index in [1.807, 2.05) is 0 Å². The zero-order valence-corrected chi connectivity index (χ0v) is 9.96. The van der Waals surface area contributed by atoms with Crippen LogP contribution >= 0.6 is 15.9 Å². The third-order valence-electron chi connectivity index (χ3n) is 2.22. The fourth-order valence-corrected chi connectivity index (χ4v) is 1.58. The Morgan fingerprint density at radius 2 is 2.00 bits per heavy atom. The fraction of sp³-hybridized carbons (Fsp3) is 0.455. The van der Waals surface area contributed by atoms with Gasteiger partial charge in [-0.05, 0) is 36.5 Å². The van der Waals surface area contributed by atoms with Gasteiger partial charge in [-0.1, -0.05) is 35.0 Å². The zero-order chi connectivity index (χ0) is 10.4. The van der Waals surface area contributed by atoms with Gasteiger partial charge in [0.25, 0.3) is 0 Å². The molecule has 0 bridgehead atoms. The van der Waals surface area contributed by atoms with E-state index >= 15 is 0 Å². The Balaban J connectivity index is 2.34. The van der Waals surface area contributed by atoms with Gasteiger partial charge < -0.3 is 4.84 Å². The minimum absolute atomic E-state index is 0.517. The molecule has 0 amide bonds. The molecule has 0 heterocycles. The molecule has 0 radical (unpaired) electrons. The van der Waals surface area contributed by atoms with Crippen molar-refractivity contribution in [1.29, 1.82) is 0 Å². The number of nitrogens with two attached hydrogens (primary N) is 1. The number of benzene rings is 1. The normalized spacial score (nSPS) is 12.8. The second kappa shape index (κ2) is 6.17. The molecule has 0 aliphatic carbocycles. The van der Waals surface area contributed by atoms with Gasteiger partial charge in [0.2, 0.25) is 0 Å². The van der Waals surface area contributed by atoms with E-state index in [0.29, 0.717) is 12.5 Å². The molecule has 0 fully saturated rings. The van der Waals surface area contributed by atoms with Crippen LogP contribution in [0.3, 0.4) is 0 Å². The van der Waals surface area contributed by atoms with Crippen molar-refractivity contribution in [3.63, 3.8) is 0 Å². The molecule has 0 saturated heterocycles. The molecule has 78 valence electrons. The lowest BCUT2D eigenvalue weighted by Gasteiger charge is -2.09. The van der Waals surface area contributed by atoms with E-state index in [9.17, 15) is 0 Å². The van der Waals surface area contributed by atoms with Crippen molar-refractivity contribution in [3.05, 3.63) is 34.3 Å². The monoisotopic (exact) mass is 257 g/mol. The van der Waals surface area contributed by atoms with Crippen LogP contribution in [0.5, 0.6) is 0 Å². The van der Waals surface area contributed by atoms with Crippen LogP contribution in [-0.4, -0.2) is 6.61 Å². The summed E-state index contributed by atoms with van der Waals surface area (Å²) in [5, 5.41) is 0. The molecule has 1 rings (SSSR count). The number of halogens is 1. The largest absolute Gasteiger partial charge is 0.304 e. The summed E-state index contributed by atoms with van der Waals surface area (Å²) >= 11 is 3.41. The third-order valence-corrected chi connectivity index (χ3v) is 2.75. The van der Waals surface area contributed by atoms with Gasteiger partial charge in [0, 0.05) is 4.47 Å². The third kappa shape index (κ3) is 4.22. The Bertz CT molecular complexity index is 260. The van der Waals surface area contributed by atoms with E-state index in [4.69, 9.17) is 5.90 Å². The fourth-order valence-electron chi connectivity index (χ4n) is 1.31. The molecule has 0 saturated carbocycles. The summed E-state index contributed by atoms with van der Waals surface area (Å²) in [7, 11) is 0. The molecule has 0 aliphatic heterocycles. The van der Waals surface area contributed by atoms with Crippen LogP contribution in [-0.2, 0) is 11.3 Å². The summed E-state index contributed by atoms with van der Waals surface area (Å²) < 4.78 is 1.12. The molecule has 14 heavy (non-hydrogen) atoms. The number of rotatable bonds is 5. The molecule has 0 aromatic heterocycles. The highest BCUT2D eigenvalue weighted by Crippen LogP contribution is 2.13. The van der Waals surface area contributed by atoms with Crippen LogP contribution < -0.4 is 5.90 Å². The van der Waals surface area contributed by atoms with E-state index in [2.05, 4.69) is 52.0 Å². The van der Waals surface area contributed by atoms with Gasteiger partial charge in [0.1, 0.15) is 0 Å². The van der Waals surface area contributed by atoms with Crippen LogP contribution in [0.1, 0.15) is 18.9 Å². The molecule has 3 heteroatoms. The van der Waals surface area contributed by atoms with Gasteiger partial charge in [0.05, 0.1) is 6.61 Å². The first-order valence-corrected chi connectivity index (χ1v) is 5.58. The second-order valence-corrected chi connectivity index (χ2v) is 4.52. The van der Waals surface area contributed by atoms with Gasteiger partial charge >= 0.3 is 0 Å². The number of aryl methyl sites for hydroxylation is 1. The van der Waals surface area contributed by atoms with Crippen molar-refractivity contribution in [1.82, 2.24) is 0 Å². The minimum Gasteiger partial charge on any atom is -0.304 e. The lowest BCUT2D eigenvalue weighted by Crippen LogP contribution is -2.10. The Kier molecular flexibility index (Phi) is 5.15. The molecule has 0 spiro atoms. The highest BCUT2D eigenvalue weighted by Gasteiger charge is 2.02. The van der Waals surface area contributed by atoms with Gasteiger partial charge in [-0.25, -0.2) is 5.90 Å². The second-order valence-electron chi connectivity index (χ2n) is 3.60. The zero-order valence-electron chi connectivity index (χ0n) is 8.37. The Labute approximate surface area is 93.5 Å². The molecular formula is C11H16BrNO. The van der Waals surface area contributed by atoms with Gasteiger partial charge in [-0.3, -0.25) is 0 Å². The maximum absolute atomic E-state index is 5.01. The molecule has 0 aliphatic rings. The van der Waals surface area contributed by atoms with Crippen molar-refractivity contribution >= 4 is 15.9 Å². The van der Waals surface area contributed by atoms with Crippen LogP contribution in [0.15, 0.2) is 28.7 Å². The first-order chi connectivity index (χ1) is 6.72. The quantitative estimate of drug-likeness (QED) is 0.824. The first-order valence-electron chi connectivity index (χ1n) is 4.78. The summed E-state index contributed by atoms with van der Waals surface area (Å²) in [5.74, 6) is 5.53. The van der Waals surface area contributed by atoms with E-state index in [-0.39, 0.29) is 0 Å². The van der Waals surface area contributed by atoms with E-state index in [0.717, 1.165) is 17.3 Å². The average Bonchev–Trinajstić information content (AvgIpc) is 2.17. The number of hydrogen-bond acceptors (Lipinski definition) is 2. The molecular weight excluding hydrogens is 242 g/mol. The summed E-state index contributed by atoms with van der Waals surface area (Å²) in [4.78, 5) is 4.60. The van der Waals surface area contributed by atoms with Crippen LogP contribution in [0.25, 0.3) is 0 Å². The molecule has 1 aromatic rings. The molecule has 1 aromatic carbocycles. The molecule has 2 N–H and O–H groups in total. The predicted octanol–water partition coefficient (Wildman–Crippen LogP) is 2.91. The summed E-state index contributed by atoms with van der Waals surface area (Å²) in [6, 6.07) is 8.42. The van der Waals surface area contributed by atoms with Crippen molar-refractivity contribution in [3.8, 4) is 0 Å². The summed E-state index contributed by atoms with van der Waals surface area (Å²) in [5.41, 5.74) is 1.36. The Hall–Kier alpha value is -0.380. The van der Waals surface area contributed by atoms with E-state index in [1.54, 1.807) is 0 Å². The standard InChI is InChI=1S/C11H16BrNO/c1-9(8-14-13)2-3-10-4-6-11(12)7-5-10/h4-7,9H,2-3,8,13H2,1H3. The van der Waals surface area contributed by atoms with Crippen molar-refractivity contribution in [2.45, 2.75) is 19.8 Å². The average molecular weight is 258 g/mol. The maximum atomic E-state index is 5.01. The highest BCUT2D eigenvalue weighted by atomic mass is 79.9. The van der Waals surface area contributed by atoms with Crippen LogP contribution in [0.4, 0.5) is 0 Å². The highest BCUT2D eigenvalue weighted by molar-refractivity contribution is 9.10. The molecule has 1 unspecified atom stereocenters. The smallest absolute Gasteiger partial charge is 0.0704 e. The van der Waals surface area contributed by atoms with Gasteiger partial charge in [-0.15, -0.1) is 0 Å². The van der Waals surface area contributed by atoms with Crippen molar-refractivity contribution in [2.75, 3.05) is 6.61 Å². The van der Waals surface area contributed by atoms with Gasteiger partial charge in [-0.2, -0.15) is 0 Å². The Morgan fingerprint density at radius 3 is 2.57 bits per heavy atom. The SMILES string of the molecule is CC(CCc1ccc(Br)cc1)CON. The molecule has 2 nitrogen and oxygen atoms in total. The van der Waals surface area contributed by atoms with Crippen molar-refractivity contribution in [2.24, 2.45) is 11.8 Å². The van der Waals surface area contributed by atoms with E-state index < -0.39 is 0 Å². The number of hydrogen-bond donors (Lipinski definition) is 1. The lowest BCUT2D eigenvalue weighted by atomic mass is 10.0. The van der Waals surface area contributed by atoms with Crippen LogP contribution in [0, 0.1) is 5.92 Å². The maximum Gasteiger partial charge on any atom is 0.0704 e. The topological polar surface area (TPSA) is 35.2 Å². The summed E-state index contributed by atoms with van der Waals surface area (Å²) in [6.45, 7) is 2.78.